The maximum atomic E-state index is 5.48. The summed E-state index contributed by atoms with van der Waals surface area (Å²) >= 11 is 0. The van der Waals surface area contributed by atoms with E-state index in [1.807, 2.05) is 13.0 Å². The predicted octanol–water partition coefficient (Wildman–Crippen LogP) is 2.20. The van der Waals surface area contributed by atoms with Crippen LogP contribution in [0.4, 0.5) is 11.6 Å². The Hall–Kier alpha value is -1.36. The minimum absolute atomic E-state index is 0.294. The Labute approximate surface area is 108 Å². The van der Waals surface area contributed by atoms with Crippen molar-refractivity contribution < 1.29 is 4.74 Å². The topological polar surface area (TPSA) is 59.1 Å². The van der Waals surface area contributed by atoms with Crippen LogP contribution in [0.5, 0.6) is 0 Å². The van der Waals surface area contributed by atoms with E-state index in [0.29, 0.717) is 12.1 Å². The maximum Gasteiger partial charge on any atom is 0.132 e. The third kappa shape index (κ3) is 3.10. The fourth-order valence-corrected chi connectivity index (χ4v) is 2.48. The number of aromatic nitrogens is 2. The highest BCUT2D eigenvalue weighted by Gasteiger charge is 2.27. The summed E-state index contributed by atoms with van der Waals surface area (Å²) in [7, 11) is 1.78. The van der Waals surface area contributed by atoms with E-state index >= 15 is 0 Å². The number of nitrogens with one attached hydrogen (secondary N) is 2. The first-order valence-corrected chi connectivity index (χ1v) is 6.61. The van der Waals surface area contributed by atoms with Gasteiger partial charge in [0.2, 0.25) is 0 Å². The summed E-state index contributed by atoms with van der Waals surface area (Å²) in [4.78, 5) is 8.77. The van der Waals surface area contributed by atoms with Crippen LogP contribution in [-0.2, 0) is 4.74 Å². The van der Waals surface area contributed by atoms with Crippen LogP contribution in [0, 0.1) is 6.92 Å². The zero-order valence-electron chi connectivity index (χ0n) is 11.4. The lowest BCUT2D eigenvalue weighted by Gasteiger charge is -2.20. The molecule has 1 heterocycles. The standard InChI is InChI=1S/C13H22N4O/c1-4-14-12-8-13(16-9(2)15-12)17-10-6-5-7-11(10)18-3/h8,10-11H,4-7H2,1-3H3,(H2,14,15,16,17). The Balaban J connectivity index is 2.08. The van der Waals surface area contributed by atoms with Crippen LogP contribution in [0.15, 0.2) is 6.07 Å². The minimum Gasteiger partial charge on any atom is -0.379 e. The van der Waals surface area contributed by atoms with Crippen LogP contribution in [-0.4, -0.2) is 35.8 Å². The van der Waals surface area contributed by atoms with Gasteiger partial charge in [-0.05, 0) is 33.1 Å². The van der Waals surface area contributed by atoms with E-state index in [9.17, 15) is 0 Å². The number of hydrogen-bond donors (Lipinski definition) is 2. The predicted molar refractivity (Wildman–Crippen MR) is 73.0 cm³/mol. The summed E-state index contributed by atoms with van der Waals surface area (Å²) in [5.74, 6) is 2.54. The van der Waals surface area contributed by atoms with Gasteiger partial charge in [-0.15, -0.1) is 0 Å². The summed E-state index contributed by atoms with van der Waals surface area (Å²) in [6, 6.07) is 2.32. The van der Waals surface area contributed by atoms with Gasteiger partial charge < -0.3 is 15.4 Å². The SMILES string of the molecule is CCNc1cc(NC2CCCC2OC)nc(C)n1. The molecule has 1 fully saturated rings. The highest BCUT2D eigenvalue weighted by molar-refractivity contribution is 5.48. The Bertz CT molecular complexity index is 397. The normalized spacial score (nSPS) is 23.1. The molecule has 0 bridgehead atoms. The van der Waals surface area contributed by atoms with E-state index in [4.69, 9.17) is 4.74 Å². The quantitative estimate of drug-likeness (QED) is 0.839. The number of methoxy groups -OCH3 is 1. The first kappa shape index (κ1) is 13.1. The van der Waals surface area contributed by atoms with Gasteiger partial charge in [-0.3, -0.25) is 0 Å². The van der Waals surface area contributed by atoms with Crippen LogP contribution in [0.1, 0.15) is 32.0 Å². The molecule has 0 amide bonds. The maximum absolute atomic E-state index is 5.48. The number of rotatable bonds is 5. The van der Waals surface area contributed by atoms with Crippen molar-refractivity contribution in [2.75, 3.05) is 24.3 Å². The molecule has 1 aliphatic carbocycles. The van der Waals surface area contributed by atoms with Gasteiger partial charge in [-0.2, -0.15) is 0 Å². The van der Waals surface area contributed by atoms with Crippen molar-refractivity contribution in [2.45, 2.75) is 45.3 Å². The third-order valence-electron chi connectivity index (χ3n) is 3.28. The molecule has 1 aromatic rings. The highest BCUT2D eigenvalue weighted by atomic mass is 16.5. The molecule has 2 unspecified atom stereocenters. The molecule has 1 aliphatic rings. The fraction of sp³-hybridized carbons (Fsp3) is 0.692. The van der Waals surface area contributed by atoms with E-state index in [-0.39, 0.29) is 0 Å². The number of anilines is 2. The first-order valence-electron chi connectivity index (χ1n) is 6.61. The number of hydrogen-bond acceptors (Lipinski definition) is 5. The van der Waals surface area contributed by atoms with Gasteiger partial charge in [0.05, 0.1) is 12.1 Å². The van der Waals surface area contributed by atoms with Gasteiger partial charge >= 0.3 is 0 Å². The second-order valence-electron chi connectivity index (χ2n) is 4.67. The van der Waals surface area contributed by atoms with Gasteiger partial charge in [0, 0.05) is 19.7 Å². The molecule has 2 N–H and O–H groups in total. The van der Waals surface area contributed by atoms with Crippen LogP contribution >= 0.6 is 0 Å². The average Bonchev–Trinajstić information content (AvgIpc) is 2.76. The summed E-state index contributed by atoms with van der Waals surface area (Å²) in [6.07, 6.45) is 3.76. The second kappa shape index (κ2) is 6.00. The van der Waals surface area contributed by atoms with E-state index in [1.54, 1.807) is 7.11 Å². The largest absolute Gasteiger partial charge is 0.379 e. The van der Waals surface area contributed by atoms with Crippen molar-refractivity contribution in [3.8, 4) is 0 Å². The van der Waals surface area contributed by atoms with E-state index in [0.717, 1.165) is 36.8 Å². The van der Waals surface area contributed by atoms with Gasteiger partial charge in [0.15, 0.2) is 0 Å². The molecule has 18 heavy (non-hydrogen) atoms. The van der Waals surface area contributed by atoms with Gasteiger partial charge in [-0.25, -0.2) is 9.97 Å². The van der Waals surface area contributed by atoms with Crippen molar-refractivity contribution in [3.05, 3.63) is 11.9 Å². The molecular formula is C13H22N4O. The zero-order valence-corrected chi connectivity index (χ0v) is 11.4. The molecule has 0 aromatic carbocycles. The molecule has 0 aliphatic heterocycles. The van der Waals surface area contributed by atoms with Gasteiger partial charge in [0.25, 0.3) is 0 Å². The zero-order chi connectivity index (χ0) is 13.0. The molecule has 0 spiro atoms. The average molecular weight is 250 g/mol. The van der Waals surface area contributed by atoms with Crippen molar-refractivity contribution in [1.82, 2.24) is 9.97 Å². The van der Waals surface area contributed by atoms with Crippen molar-refractivity contribution in [1.29, 1.82) is 0 Å². The monoisotopic (exact) mass is 250 g/mol. The first-order chi connectivity index (χ1) is 8.72. The van der Waals surface area contributed by atoms with E-state index in [1.165, 1.54) is 6.42 Å². The Kier molecular flexibility index (Phi) is 4.36. The number of ether oxygens (including phenoxy) is 1. The molecule has 5 heteroatoms. The molecule has 2 atom stereocenters. The lowest BCUT2D eigenvalue weighted by atomic mass is 10.2. The third-order valence-corrected chi connectivity index (χ3v) is 3.28. The van der Waals surface area contributed by atoms with Crippen LogP contribution in [0.2, 0.25) is 0 Å². The van der Waals surface area contributed by atoms with E-state index in [2.05, 4.69) is 27.5 Å². The summed E-state index contributed by atoms with van der Waals surface area (Å²) in [5.41, 5.74) is 0. The molecule has 100 valence electrons. The lowest BCUT2D eigenvalue weighted by molar-refractivity contribution is 0.101. The molecule has 0 saturated heterocycles. The Morgan fingerprint density at radius 2 is 2.11 bits per heavy atom. The molecule has 2 rings (SSSR count). The van der Waals surface area contributed by atoms with Crippen LogP contribution < -0.4 is 10.6 Å². The Morgan fingerprint density at radius 3 is 2.83 bits per heavy atom. The molecule has 0 radical (unpaired) electrons. The van der Waals surface area contributed by atoms with Crippen molar-refractivity contribution in [2.24, 2.45) is 0 Å². The fourth-order valence-electron chi connectivity index (χ4n) is 2.48. The molecule has 5 nitrogen and oxygen atoms in total. The van der Waals surface area contributed by atoms with Crippen molar-refractivity contribution >= 4 is 11.6 Å². The molecular weight excluding hydrogens is 228 g/mol. The number of aryl methyl sites for hydroxylation is 1. The van der Waals surface area contributed by atoms with Gasteiger partial charge in [-0.1, -0.05) is 0 Å². The highest BCUT2D eigenvalue weighted by Crippen LogP contribution is 2.25. The smallest absolute Gasteiger partial charge is 0.132 e. The lowest BCUT2D eigenvalue weighted by Crippen LogP contribution is -2.30. The second-order valence-corrected chi connectivity index (χ2v) is 4.67. The van der Waals surface area contributed by atoms with E-state index < -0.39 is 0 Å². The minimum atomic E-state index is 0.294. The summed E-state index contributed by atoms with van der Waals surface area (Å²) < 4.78 is 5.48. The van der Waals surface area contributed by atoms with Crippen molar-refractivity contribution in [3.63, 3.8) is 0 Å². The van der Waals surface area contributed by atoms with Crippen LogP contribution in [0.25, 0.3) is 0 Å². The van der Waals surface area contributed by atoms with Crippen LogP contribution in [0.3, 0.4) is 0 Å². The summed E-state index contributed by atoms with van der Waals surface area (Å²) in [5, 5.41) is 6.68. The van der Waals surface area contributed by atoms with Gasteiger partial charge in [0.1, 0.15) is 17.5 Å². The molecule has 1 saturated carbocycles. The Morgan fingerprint density at radius 1 is 1.33 bits per heavy atom. The molecule has 1 aromatic heterocycles. The number of nitrogens with zero attached hydrogens (tertiary/aromatic N) is 2. The summed E-state index contributed by atoms with van der Waals surface area (Å²) in [6.45, 7) is 4.83.